The molecule has 1 aromatic carbocycles. The zero-order valence-electron chi connectivity index (χ0n) is 12.0. The van der Waals surface area contributed by atoms with Crippen molar-refractivity contribution in [2.24, 2.45) is 0 Å². The molecule has 0 amide bonds. The minimum atomic E-state index is -0.321. The summed E-state index contributed by atoms with van der Waals surface area (Å²) < 4.78 is 11.9. The maximum absolute atomic E-state index is 12.3. The summed E-state index contributed by atoms with van der Waals surface area (Å²) in [5.41, 5.74) is 1.30. The first-order valence-corrected chi connectivity index (χ1v) is 6.49. The molecule has 2 rings (SSSR count). The molecule has 0 bridgehead atoms. The van der Waals surface area contributed by atoms with E-state index in [1.54, 1.807) is 24.9 Å². The van der Waals surface area contributed by atoms with Gasteiger partial charge in [-0.3, -0.25) is 4.79 Å². The molecule has 0 spiro atoms. The highest BCUT2D eigenvalue weighted by molar-refractivity contribution is 5.68. The smallest absolute Gasteiger partial charge is 0.269 e. The summed E-state index contributed by atoms with van der Waals surface area (Å²) in [6.45, 7) is 0.759. The van der Waals surface area contributed by atoms with Crippen LogP contribution in [0.25, 0.3) is 11.3 Å². The van der Waals surface area contributed by atoms with Crippen molar-refractivity contribution in [2.75, 3.05) is 20.8 Å². The van der Waals surface area contributed by atoms with Crippen molar-refractivity contribution in [3.05, 3.63) is 52.3 Å². The summed E-state index contributed by atoms with van der Waals surface area (Å²) >= 11 is 0. The van der Waals surface area contributed by atoms with E-state index in [0.29, 0.717) is 24.6 Å². The molecule has 0 aliphatic carbocycles. The van der Waals surface area contributed by atoms with Crippen LogP contribution < -0.4 is 10.3 Å². The molecule has 5 nitrogen and oxygen atoms in total. The molecule has 0 fully saturated rings. The number of aromatic nitrogens is 1. The topological polar surface area (TPSA) is 64.2 Å². The van der Waals surface area contributed by atoms with Gasteiger partial charge in [-0.1, -0.05) is 12.1 Å². The molecule has 21 heavy (non-hydrogen) atoms. The van der Waals surface area contributed by atoms with Crippen molar-refractivity contribution >= 4 is 0 Å². The standard InChI is InChI=1S/C16H16N2O3/c1-20-10-9-18-14(8-7-12(11-17)16(18)19)13-5-3-4-6-15(13)21-2/h3-8H,9-10H2,1-2H3. The molecule has 108 valence electrons. The normalized spacial score (nSPS) is 10.1. The number of nitriles is 1. The van der Waals surface area contributed by atoms with Gasteiger partial charge in [0.2, 0.25) is 0 Å². The Hall–Kier alpha value is -2.58. The second-order valence-electron chi connectivity index (χ2n) is 4.39. The monoisotopic (exact) mass is 284 g/mol. The first-order valence-electron chi connectivity index (χ1n) is 6.49. The molecule has 0 saturated heterocycles. The summed E-state index contributed by atoms with van der Waals surface area (Å²) in [6.07, 6.45) is 0. The van der Waals surface area contributed by atoms with Crippen molar-refractivity contribution in [3.63, 3.8) is 0 Å². The average molecular weight is 284 g/mol. The molecule has 0 saturated carbocycles. The van der Waals surface area contributed by atoms with Crippen molar-refractivity contribution in [1.82, 2.24) is 4.57 Å². The van der Waals surface area contributed by atoms with Gasteiger partial charge in [-0.15, -0.1) is 0 Å². The number of nitrogens with zero attached hydrogens (tertiary/aromatic N) is 2. The minimum Gasteiger partial charge on any atom is -0.496 e. The number of methoxy groups -OCH3 is 2. The van der Waals surface area contributed by atoms with Crippen LogP contribution in [0.15, 0.2) is 41.2 Å². The molecule has 0 radical (unpaired) electrons. The van der Waals surface area contributed by atoms with E-state index in [9.17, 15) is 4.79 Å². The molecular formula is C16H16N2O3. The Balaban J connectivity index is 2.65. The van der Waals surface area contributed by atoms with Gasteiger partial charge in [-0.25, -0.2) is 0 Å². The lowest BCUT2D eigenvalue weighted by Gasteiger charge is -2.15. The van der Waals surface area contributed by atoms with Gasteiger partial charge < -0.3 is 14.0 Å². The Kier molecular flexibility index (Phi) is 4.75. The summed E-state index contributed by atoms with van der Waals surface area (Å²) in [7, 11) is 3.15. The van der Waals surface area contributed by atoms with E-state index in [1.807, 2.05) is 30.3 Å². The largest absolute Gasteiger partial charge is 0.496 e. The van der Waals surface area contributed by atoms with Crippen LogP contribution in [-0.2, 0) is 11.3 Å². The van der Waals surface area contributed by atoms with Gasteiger partial charge in [0.25, 0.3) is 5.56 Å². The zero-order valence-corrected chi connectivity index (χ0v) is 12.0. The van der Waals surface area contributed by atoms with Crippen LogP contribution in [0.5, 0.6) is 5.75 Å². The average Bonchev–Trinajstić information content (AvgIpc) is 2.53. The van der Waals surface area contributed by atoms with Crippen LogP contribution in [-0.4, -0.2) is 25.4 Å². The van der Waals surface area contributed by atoms with Gasteiger partial charge >= 0.3 is 0 Å². The van der Waals surface area contributed by atoms with Gasteiger partial charge in [0.05, 0.1) is 19.4 Å². The molecule has 1 aromatic heterocycles. The number of hydrogen-bond acceptors (Lipinski definition) is 4. The van der Waals surface area contributed by atoms with Gasteiger partial charge in [0, 0.05) is 19.2 Å². The fourth-order valence-corrected chi connectivity index (χ4v) is 2.16. The van der Waals surface area contributed by atoms with Crippen molar-refractivity contribution in [1.29, 1.82) is 5.26 Å². The second-order valence-corrected chi connectivity index (χ2v) is 4.39. The van der Waals surface area contributed by atoms with E-state index >= 15 is 0 Å². The van der Waals surface area contributed by atoms with E-state index in [4.69, 9.17) is 14.7 Å². The summed E-state index contributed by atoms with van der Waals surface area (Å²) in [5.74, 6) is 0.674. The summed E-state index contributed by atoms with van der Waals surface area (Å²) in [6, 6.07) is 12.7. The van der Waals surface area contributed by atoms with Gasteiger partial charge in [-0.05, 0) is 24.3 Å². The first-order chi connectivity index (χ1) is 10.2. The molecule has 5 heteroatoms. The Morgan fingerprint density at radius 3 is 2.62 bits per heavy atom. The molecule has 0 aliphatic heterocycles. The summed E-state index contributed by atoms with van der Waals surface area (Å²) in [5, 5.41) is 9.01. The minimum absolute atomic E-state index is 0.116. The Morgan fingerprint density at radius 1 is 1.19 bits per heavy atom. The second kappa shape index (κ2) is 6.73. The van der Waals surface area contributed by atoms with Gasteiger partial charge in [-0.2, -0.15) is 5.26 Å². The Morgan fingerprint density at radius 2 is 1.95 bits per heavy atom. The fourth-order valence-electron chi connectivity index (χ4n) is 2.16. The van der Waals surface area contributed by atoms with Crippen molar-refractivity contribution in [2.45, 2.75) is 6.54 Å². The SMILES string of the molecule is COCCn1c(-c2ccccc2OC)ccc(C#N)c1=O. The van der Waals surface area contributed by atoms with Crippen LogP contribution in [0.1, 0.15) is 5.56 Å². The molecule has 0 aliphatic rings. The third-order valence-electron chi connectivity index (χ3n) is 3.20. The van der Waals surface area contributed by atoms with E-state index in [1.165, 1.54) is 6.07 Å². The number of para-hydroxylation sites is 1. The molecule has 0 atom stereocenters. The maximum atomic E-state index is 12.3. The van der Waals surface area contributed by atoms with E-state index in [-0.39, 0.29) is 11.1 Å². The third-order valence-corrected chi connectivity index (χ3v) is 3.20. The zero-order chi connectivity index (χ0) is 15.2. The highest BCUT2D eigenvalue weighted by Crippen LogP contribution is 2.28. The molecule has 2 aromatic rings. The van der Waals surface area contributed by atoms with Gasteiger partial charge in [0.1, 0.15) is 17.4 Å². The number of benzene rings is 1. The molecule has 1 heterocycles. The van der Waals surface area contributed by atoms with E-state index < -0.39 is 0 Å². The molecule has 0 unspecified atom stereocenters. The van der Waals surface area contributed by atoms with Crippen LogP contribution in [0.3, 0.4) is 0 Å². The van der Waals surface area contributed by atoms with Crippen molar-refractivity contribution < 1.29 is 9.47 Å². The Bertz CT molecular complexity index is 729. The number of hydrogen-bond donors (Lipinski definition) is 0. The highest BCUT2D eigenvalue weighted by atomic mass is 16.5. The lowest BCUT2D eigenvalue weighted by molar-refractivity contribution is 0.186. The Labute approximate surface area is 123 Å². The first kappa shape index (κ1) is 14.8. The summed E-state index contributed by atoms with van der Waals surface area (Å²) in [4.78, 5) is 12.3. The number of pyridine rings is 1. The lowest BCUT2D eigenvalue weighted by atomic mass is 10.1. The number of rotatable bonds is 5. The van der Waals surface area contributed by atoms with Crippen LogP contribution in [0, 0.1) is 11.3 Å². The quantitative estimate of drug-likeness (QED) is 0.843. The molecule has 0 N–H and O–H groups in total. The van der Waals surface area contributed by atoms with E-state index in [0.717, 1.165) is 5.56 Å². The molecular weight excluding hydrogens is 268 g/mol. The van der Waals surface area contributed by atoms with Crippen LogP contribution >= 0.6 is 0 Å². The predicted octanol–water partition coefficient (Wildman–Crippen LogP) is 2.04. The van der Waals surface area contributed by atoms with Crippen LogP contribution in [0.4, 0.5) is 0 Å². The van der Waals surface area contributed by atoms with E-state index in [2.05, 4.69) is 0 Å². The van der Waals surface area contributed by atoms with Gasteiger partial charge in [0.15, 0.2) is 0 Å². The van der Waals surface area contributed by atoms with Crippen molar-refractivity contribution in [3.8, 4) is 23.1 Å². The maximum Gasteiger partial charge on any atom is 0.269 e. The third kappa shape index (κ3) is 2.96. The van der Waals surface area contributed by atoms with Crippen LogP contribution in [0.2, 0.25) is 0 Å². The lowest BCUT2D eigenvalue weighted by Crippen LogP contribution is -2.25. The highest BCUT2D eigenvalue weighted by Gasteiger charge is 2.13. The number of ether oxygens (including phenoxy) is 2. The fraction of sp³-hybridized carbons (Fsp3) is 0.250. The predicted molar refractivity (Wildman–Crippen MR) is 79.3 cm³/mol.